The zero-order chi connectivity index (χ0) is 25.9. The first-order chi connectivity index (χ1) is 18.0. The molecule has 5 rings (SSSR count). The second-order valence-electron chi connectivity index (χ2n) is 9.49. The molecule has 0 saturated carbocycles. The number of fused-ring (bicyclic) bond motifs is 1. The van der Waals surface area contributed by atoms with Crippen LogP contribution in [0.4, 0.5) is 10.1 Å². The highest BCUT2D eigenvalue weighted by atomic mass is 19.1. The monoisotopic (exact) mass is 499 g/mol. The summed E-state index contributed by atoms with van der Waals surface area (Å²) in [5.74, 6) is -0.456. The van der Waals surface area contributed by atoms with Gasteiger partial charge in [-0.1, -0.05) is 42.5 Å². The molecule has 37 heavy (non-hydrogen) atoms. The summed E-state index contributed by atoms with van der Waals surface area (Å²) in [5, 5.41) is 2.69. The highest BCUT2D eigenvalue weighted by Gasteiger charge is 2.34. The highest BCUT2D eigenvalue weighted by Crippen LogP contribution is 2.33. The van der Waals surface area contributed by atoms with Crippen molar-refractivity contribution in [1.29, 1.82) is 0 Å². The Balaban J connectivity index is 1.36. The van der Waals surface area contributed by atoms with Gasteiger partial charge in [0.05, 0.1) is 12.8 Å². The zero-order valence-electron chi connectivity index (χ0n) is 20.8. The zero-order valence-corrected chi connectivity index (χ0v) is 20.8. The Morgan fingerprint density at radius 2 is 1.76 bits per heavy atom. The number of ether oxygens (including phenoxy) is 1. The molecule has 6 nitrogen and oxygen atoms in total. The molecule has 0 bridgehead atoms. The largest absolute Gasteiger partial charge is 0.497 e. The minimum atomic E-state index is -0.545. The van der Waals surface area contributed by atoms with Crippen LogP contribution in [0.3, 0.4) is 0 Å². The molecule has 3 aromatic carbocycles. The molecule has 1 aliphatic heterocycles. The van der Waals surface area contributed by atoms with Crippen LogP contribution < -0.4 is 15.8 Å². The predicted octanol–water partition coefficient (Wildman–Crippen LogP) is 4.83. The van der Waals surface area contributed by atoms with Crippen molar-refractivity contribution in [2.75, 3.05) is 19.0 Å². The molecular formula is C30H30FN3O3. The Morgan fingerprint density at radius 1 is 1.00 bits per heavy atom. The molecule has 1 heterocycles. The summed E-state index contributed by atoms with van der Waals surface area (Å²) < 4.78 is 20.2. The van der Waals surface area contributed by atoms with E-state index in [2.05, 4.69) is 11.4 Å². The second kappa shape index (κ2) is 10.6. The van der Waals surface area contributed by atoms with E-state index in [0.717, 1.165) is 11.1 Å². The number of halogens is 1. The van der Waals surface area contributed by atoms with Crippen molar-refractivity contribution in [3.63, 3.8) is 0 Å². The number of carbonyl (C=O) groups excluding carboxylic acids is 2. The van der Waals surface area contributed by atoms with Crippen molar-refractivity contribution >= 4 is 17.5 Å². The summed E-state index contributed by atoms with van der Waals surface area (Å²) in [5.41, 5.74) is 10.8. The molecule has 190 valence electrons. The summed E-state index contributed by atoms with van der Waals surface area (Å²) in [6.07, 6.45) is 2.40. The number of hydrogen-bond donors (Lipinski definition) is 2. The van der Waals surface area contributed by atoms with Gasteiger partial charge in [-0.05, 0) is 72.2 Å². The third-order valence-electron chi connectivity index (χ3n) is 7.26. The first-order valence-corrected chi connectivity index (χ1v) is 12.5. The minimum Gasteiger partial charge on any atom is -0.497 e. The van der Waals surface area contributed by atoms with Gasteiger partial charge in [-0.3, -0.25) is 9.59 Å². The van der Waals surface area contributed by atoms with E-state index in [1.165, 1.54) is 11.6 Å². The minimum absolute atomic E-state index is 0.0783. The Bertz CT molecular complexity index is 1380. The van der Waals surface area contributed by atoms with E-state index in [1.807, 2.05) is 42.5 Å². The summed E-state index contributed by atoms with van der Waals surface area (Å²) in [6.45, 7) is 0.815. The number of rotatable bonds is 6. The summed E-state index contributed by atoms with van der Waals surface area (Å²) >= 11 is 0. The molecule has 2 aliphatic rings. The van der Waals surface area contributed by atoms with Gasteiger partial charge in [0.25, 0.3) is 11.8 Å². The molecule has 7 heteroatoms. The van der Waals surface area contributed by atoms with Crippen LogP contribution in [0.2, 0.25) is 0 Å². The lowest BCUT2D eigenvalue weighted by Gasteiger charge is -2.37. The van der Waals surface area contributed by atoms with E-state index in [4.69, 9.17) is 10.5 Å². The number of amides is 2. The molecule has 0 radical (unpaired) electrons. The van der Waals surface area contributed by atoms with Crippen LogP contribution in [0, 0.1) is 5.82 Å². The van der Waals surface area contributed by atoms with Gasteiger partial charge in [0, 0.05) is 30.3 Å². The Hall–Kier alpha value is -3.97. The van der Waals surface area contributed by atoms with Crippen LogP contribution in [0.25, 0.3) is 11.1 Å². The number of nitrogens with two attached hydrogens (primary N) is 1. The molecule has 2 amide bonds. The fourth-order valence-electron chi connectivity index (χ4n) is 5.24. The normalized spacial score (nSPS) is 16.9. The van der Waals surface area contributed by atoms with Crippen molar-refractivity contribution in [1.82, 2.24) is 4.90 Å². The smallest absolute Gasteiger partial charge is 0.252 e. The number of methoxy groups -OCH3 is 1. The Labute approximate surface area is 215 Å². The van der Waals surface area contributed by atoms with Gasteiger partial charge >= 0.3 is 0 Å². The number of nitrogens with zero attached hydrogens (tertiary/aromatic N) is 1. The lowest BCUT2D eigenvalue weighted by Crippen LogP contribution is -2.48. The maximum atomic E-state index is 15.0. The van der Waals surface area contributed by atoms with Gasteiger partial charge in [-0.2, -0.15) is 0 Å². The van der Waals surface area contributed by atoms with Crippen molar-refractivity contribution < 1.29 is 18.7 Å². The lowest BCUT2D eigenvalue weighted by molar-refractivity contribution is -0.130. The van der Waals surface area contributed by atoms with E-state index >= 15 is 0 Å². The van der Waals surface area contributed by atoms with E-state index in [0.29, 0.717) is 61.2 Å². The van der Waals surface area contributed by atoms with Gasteiger partial charge in [-0.15, -0.1) is 0 Å². The lowest BCUT2D eigenvalue weighted by atomic mass is 9.93. The van der Waals surface area contributed by atoms with Crippen LogP contribution in [0.15, 0.2) is 77.9 Å². The third-order valence-corrected chi connectivity index (χ3v) is 7.26. The molecule has 0 spiro atoms. The molecule has 3 N–H and O–H groups in total. The average Bonchev–Trinajstić information content (AvgIpc) is 3.43. The summed E-state index contributed by atoms with van der Waals surface area (Å²) in [7, 11) is 1.58. The number of nitrogens with one attached hydrogen (secondary N) is 1. The molecule has 0 saturated heterocycles. The molecular weight excluding hydrogens is 469 g/mol. The maximum Gasteiger partial charge on any atom is 0.252 e. The van der Waals surface area contributed by atoms with Crippen molar-refractivity contribution in [2.45, 2.75) is 38.3 Å². The fourth-order valence-corrected chi connectivity index (χ4v) is 5.24. The van der Waals surface area contributed by atoms with E-state index in [9.17, 15) is 14.0 Å². The van der Waals surface area contributed by atoms with Crippen LogP contribution in [-0.2, 0) is 22.6 Å². The first kappa shape index (κ1) is 24.7. The maximum absolute atomic E-state index is 15.0. The van der Waals surface area contributed by atoms with E-state index < -0.39 is 11.7 Å². The SMILES string of the molecule is COc1cccc(-c2ccc(NC(=O)C3=C(C(=O)N4Cc5ccccc5C[C@H]4CN)CCC3)c(F)c2)c1. The first-order valence-electron chi connectivity index (χ1n) is 12.5. The number of anilines is 1. The van der Waals surface area contributed by atoms with Gasteiger partial charge in [0.1, 0.15) is 11.6 Å². The number of benzene rings is 3. The quantitative estimate of drug-likeness (QED) is 0.509. The van der Waals surface area contributed by atoms with Crippen molar-refractivity contribution in [2.24, 2.45) is 5.73 Å². The second-order valence-corrected chi connectivity index (χ2v) is 9.49. The average molecular weight is 500 g/mol. The topological polar surface area (TPSA) is 84.7 Å². The molecule has 1 atom stereocenters. The molecule has 0 fully saturated rings. The van der Waals surface area contributed by atoms with Crippen LogP contribution in [0.5, 0.6) is 5.75 Å². The summed E-state index contributed by atoms with van der Waals surface area (Å²) in [6, 6.07) is 20.0. The fraction of sp³-hybridized carbons (Fsp3) is 0.267. The molecule has 0 aromatic heterocycles. The molecule has 1 aliphatic carbocycles. The van der Waals surface area contributed by atoms with E-state index in [-0.39, 0.29) is 17.6 Å². The Morgan fingerprint density at radius 3 is 2.51 bits per heavy atom. The van der Waals surface area contributed by atoms with Crippen molar-refractivity contribution in [3.8, 4) is 16.9 Å². The van der Waals surface area contributed by atoms with Crippen molar-refractivity contribution in [3.05, 3.63) is 94.8 Å². The summed E-state index contributed by atoms with van der Waals surface area (Å²) in [4.78, 5) is 28.6. The predicted molar refractivity (Wildman–Crippen MR) is 141 cm³/mol. The number of hydrogen-bond acceptors (Lipinski definition) is 4. The Kier molecular flexibility index (Phi) is 7.06. The molecule has 3 aromatic rings. The number of carbonyl (C=O) groups is 2. The van der Waals surface area contributed by atoms with E-state index in [1.54, 1.807) is 24.1 Å². The van der Waals surface area contributed by atoms with Crippen LogP contribution >= 0.6 is 0 Å². The molecule has 0 unspecified atom stereocenters. The van der Waals surface area contributed by atoms with Crippen LogP contribution in [0.1, 0.15) is 30.4 Å². The van der Waals surface area contributed by atoms with Gasteiger partial charge < -0.3 is 20.7 Å². The highest BCUT2D eigenvalue weighted by molar-refractivity contribution is 6.10. The van der Waals surface area contributed by atoms with Gasteiger partial charge in [-0.25, -0.2) is 4.39 Å². The van der Waals surface area contributed by atoms with Gasteiger partial charge in [0.2, 0.25) is 0 Å². The van der Waals surface area contributed by atoms with Gasteiger partial charge in [0.15, 0.2) is 0 Å². The third kappa shape index (κ3) is 5.00. The van der Waals surface area contributed by atoms with Crippen LogP contribution in [-0.4, -0.2) is 36.4 Å². The standard InChI is InChI=1S/C30H30FN3O3/c1-37-24-9-4-8-20(15-24)21-12-13-28(27(31)16-21)33-29(35)25-10-5-11-26(25)30(36)34-18-22-7-3-2-6-19(22)14-23(34)17-32/h2-4,6-9,12-13,15-16,23H,5,10-11,14,17-18,32H2,1H3,(H,33,35)/t23-/m0/s1.